The monoisotopic (exact) mass is 500 g/mol. The van der Waals surface area contributed by atoms with Crippen LogP contribution in [0.2, 0.25) is 0 Å². The number of fused-ring (bicyclic) bond motifs is 1. The van der Waals surface area contributed by atoms with Crippen LogP contribution in [-0.2, 0) is 28.6 Å². The fourth-order valence-corrected chi connectivity index (χ4v) is 3.73. The van der Waals surface area contributed by atoms with Crippen molar-refractivity contribution in [3.63, 3.8) is 0 Å². The van der Waals surface area contributed by atoms with E-state index in [-0.39, 0.29) is 31.6 Å². The molecule has 0 aliphatic heterocycles. The minimum absolute atomic E-state index is 0.135. The van der Waals surface area contributed by atoms with Gasteiger partial charge in [-0.15, -0.1) is 0 Å². The molecule has 0 bridgehead atoms. The zero-order chi connectivity index (χ0) is 26.3. The Morgan fingerprint density at radius 2 is 1.39 bits per heavy atom. The van der Waals surface area contributed by atoms with Gasteiger partial charge in [0.05, 0.1) is 13.0 Å². The first-order valence-corrected chi connectivity index (χ1v) is 13.0. The van der Waals surface area contributed by atoms with Gasteiger partial charge in [0.25, 0.3) is 0 Å². The van der Waals surface area contributed by atoms with Gasteiger partial charge in [-0.05, 0) is 48.2 Å². The second-order valence-corrected chi connectivity index (χ2v) is 9.03. The Bertz CT molecular complexity index is 985. The van der Waals surface area contributed by atoms with Crippen LogP contribution in [0.3, 0.4) is 0 Å². The Labute approximate surface area is 214 Å². The van der Waals surface area contributed by atoms with Gasteiger partial charge in [-0.25, -0.2) is 0 Å². The number of methoxy groups -OCH3 is 1. The van der Waals surface area contributed by atoms with Crippen LogP contribution in [0.4, 0.5) is 0 Å². The molecule has 0 aliphatic rings. The number of hydrogen-bond donors (Lipinski definition) is 0. The smallest absolute Gasteiger partial charge is 0.313 e. The van der Waals surface area contributed by atoms with Crippen LogP contribution in [0.1, 0.15) is 83.6 Å². The Balaban J connectivity index is 1.97. The molecule has 7 nitrogen and oxygen atoms in total. The van der Waals surface area contributed by atoms with E-state index in [0.717, 1.165) is 60.6 Å². The zero-order valence-corrected chi connectivity index (χ0v) is 22.0. The van der Waals surface area contributed by atoms with Gasteiger partial charge >= 0.3 is 17.9 Å². The standard InChI is InChI=1S/C29H40O7/c1-5-7-9-11-27(30)34-19-26(36-28(31)12-10-8-6-2)20-35-29(32)21(3)22-13-14-24-18-25(33-4)16-15-23(24)17-22/h13-18,21,26H,5-12,19-20H2,1-4H3. The number of carbonyl (C=O) groups excluding carboxylic acids is 3. The van der Waals surface area contributed by atoms with E-state index in [2.05, 4.69) is 13.8 Å². The van der Waals surface area contributed by atoms with E-state index in [1.807, 2.05) is 36.4 Å². The van der Waals surface area contributed by atoms with Gasteiger partial charge in [0.15, 0.2) is 6.10 Å². The molecule has 2 unspecified atom stereocenters. The number of unbranched alkanes of at least 4 members (excludes halogenated alkanes) is 4. The SMILES string of the molecule is CCCCCC(=O)OCC(COC(=O)C(C)c1ccc2cc(OC)ccc2c1)OC(=O)CCCCC. The van der Waals surface area contributed by atoms with Crippen molar-refractivity contribution in [3.8, 4) is 5.75 Å². The van der Waals surface area contributed by atoms with Crippen molar-refractivity contribution in [2.24, 2.45) is 0 Å². The maximum absolute atomic E-state index is 12.8. The van der Waals surface area contributed by atoms with Crippen LogP contribution in [0.5, 0.6) is 5.75 Å². The molecule has 0 fully saturated rings. The van der Waals surface area contributed by atoms with Gasteiger partial charge in [-0.2, -0.15) is 0 Å². The van der Waals surface area contributed by atoms with E-state index in [4.69, 9.17) is 18.9 Å². The highest BCUT2D eigenvalue weighted by Crippen LogP contribution is 2.26. The van der Waals surface area contributed by atoms with Crippen molar-refractivity contribution in [3.05, 3.63) is 42.0 Å². The molecule has 0 amide bonds. The second-order valence-electron chi connectivity index (χ2n) is 9.03. The van der Waals surface area contributed by atoms with E-state index < -0.39 is 18.0 Å². The van der Waals surface area contributed by atoms with E-state index in [0.29, 0.717) is 6.42 Å². The molecule has 2 atom stereocenters. The van der Waals surface area contributed by atoms with Crippen molar-refractivity contribution < 1.29 is 33.3 Å². The van der Waals surface area contributed by atoms with Crippen LogP contribution < -0.4 is 4.74 Å². The average Bonchev–Trinajstić information content (AvgIpc) is 2.89. The summed E-state index contributed by atoms with van der Waals surface area (Å²) in [6, 6.07) is 11.5. The summed E-state index contributed by atoms with van der Waals surface area (Å²) in [6.45, 7) is 5.58. The number of ether oxygens (including phenoxy) is 4. The predicted molar refractivity (Wildman–Crippen MR) is 139 cm³/mol. The molecule has 0 aliphatic carbocycles. The lowest BCUT2D eigenvalue weighted by Gasteiger charge is -2.20. The molecule has 0 aromatic heterocycles. The summed E-state index contributed by atoms with van der Waals surface area (Å²) in [5.41, 5.74) is 0.813. The molecule has 0 saturated carbocycles. The summed E-state index contributed by atoms with van der Waals surface area (Å²) in [4.78, 5) is 37.1. The topological polar surface area (TPSA) is 88.1 Å². The number of rotatable bonds is 16. The van der Waals surface area contributed by atoms with Gasteiger partial charge in [0.2, 0.25) is 0 Å². The Hall–Kier alpha value is -3.09. The molecular formula is C29H40O7. The van der Waals surface area contributed by atoms with E-state index >= 15 is 0 Å². The first-order valence-electron chi connectivity index (χ1n) is 13.0. The lowest BCUT2D eigenvalue weighted by Crippen LogP contribution is -2.31. The van der Waals surface area contributed by atoms with Gasteiger partial charge in [0, 0.05) is 12.8 Å². The molecule has 2 rings (SSSR count). The number of benzene rings is 2. The van der Waals surface area contributed by atoms with Crippen LogP contribution in [-0.4, -0.2) is 44.3 Å². The number of esters is 3. The summed E-state index contributed by atoms with van der Waals surface area (Å²) in [6.07, 6.45) is 5.10. The highest BCUT2D eigenvalue weighted by atomic mass is 16.6. The van der Waals surface area contributed by atoms with Crippen molar-refractivity contribution in [2.75, 3.05) is 20.3 Å². The quantitative estimate of drug-likeness (QED) is 0.156. The van der Waals surface area contributed by atoms with Gasteiger partial charge in [0.1, 0.15) is 19.0 Å². The zero-order valence-electron chi connectivity index (χ0n) is 22.0. The maximum Gasteiger partial charge on any atom is 0.313 e. The van der Waals surface area contributed by atoms with Gasteiger partial charge < -0.3 is 18.9 Å². The first-order chi connectivity index (χ1) is 17.4. The molecule has 36 heavy (non-hydrogen) atoms. The summed E-state index contributed by atoms with van der Waals surface area (Å²) < 4.78 is 21.6. The second kappa shape index (κ2) is 15.8. The fourth-order valence-electron chi connectivity index (χ4n) is 3.73. The molecule has 2 aromatic carbocycles. The van der Waals surface area contributed by atoms with Gasteiger partial charge in [-0.1, -0.05) is 63.8 Å². The number of hydrogen-bond acceptors (Lipinski definition) is 7. The largest absolute Gasteiger partial charge is 0.497 e. The van der Waals surface area contributed by atoms with E-state index in [9.17, 15) is 14.4 Å². The normalized spacial score (nSPS) is 12.6. The van der Waals surface area contributed by atoms with E-state index in [1.165, 1.54) is 0 Å². The lowest BCUT2D eigenvalue weighted by molar-refractivity contribution is -0.167. The van der Waals surface area contributed by atoms with Crippen molar-refractivity contribution in [2.45, 2.75) is 84.2 Å². The first kappa shape index (κ1) is 29.1. The molecule has 198 valence electrons. The highest BCUT2D eigenvalue weighted by Gasteiger charge is 2.23. The summed E-state index contributed by atoms with van der Waals surface area (Å²) in [5, 5.41) is 2.00. The molecule has 2 aromatic rings. The molecule has 0 radical (unpaired) electrons. The minimum Gasteiger partial charge on any atom is -0.497 e. The Morgan fingerprint density at radius 3 is 2.06 bits per heavy atom. The third-order valence-electron chi connectivity index (χ3n) is 6.03. The Kier molecular flexibility index (Phi) is 12.8. The van der Waals surface area contributed by atoms with E-state index in [1.54, 1.807) is 14.0 Å². The Morgan fingerprint density at radius 1 is 0.778 bits per heavy atom. The molecule has 0 N–H and O–H groups in total. The molecule has 7 heteroatoms. The van der Waals surface area contributed by atoms with Crippen molar-refractivity contribution in [1.29, 1.82) is 0 Å². The molecule has 0 spiro atoms. The maximum atomic E-state index is 12.8. The van der Waals surface area contributed by atoms with Crippen molar-refractivity contribution >= 4 is 28.7 Å². The van der Waals surface area contributed by atoms with Crippen LogP contribution in [0.15, 0.2) is 36.4 Å². The molecule has 0 saturated heterocycles. The predicted octanol–water partition coefficient (Wildman–Crippen LogP) is 6.11. The van der Waals surface area contributed by atoms with Crippen LogP contribution in [0.25, 0.3) is 10.8 Å². The average molecular weight is 501 g/mol. The fraction of sp³-hybridized carbons (Fsp3) is 0.552. The summed E-state index contributed by atoms with van der Waals surface area (Å²) >= 11 is 0. The third kappa shape index (κ3) is 9.88. The molecular weight excluding hydrogens is 460 g/mol. The summed E-state index contributed by atoms with van der Waals surface area (Å²) in [5.74, 6) is -0.922. The van der Waals surface area contributed by atoms with Crippen LogP contribution >= 0.6 is 0 Å². The minimum atomic E-state index is -0.838. The summed E-state index contributed by atoms with van der Waals surface area (Å²) in [7, 11) is 1.62. The number of carbonyl (C=O) groups is 3. The highest BCUT2D eigenvalue weighted by molar-refractivity contribution is 5.86. The van der Waals surface area contributed by atoms with Gasteiger partial charge in [-0.3, -0.25) is 14.4 Å². The van der Waals surface area contributed by atoms with Crippen molar-refractivity contribution in [1.82, 2.24) is 0 Å². The lowest BCUT2D eigenvalue weighted by atomic mass is 9.98. The van der Waals surface area contributed by atoms with Crippen LogP contribution in [0, 0.1) is 0 Å². The third-order valence-corrected chi connectivity index (χ3v) is 6.03. The molecule has 0 heterocycles.